The first-order chi connectivity index (χ1) is 10.1. The smallest absolute Gasteiger partial charge is 0.229 e. The number of carbonyl (C=O) groups is 1. The molecule has 0 radical (unpaired) electrons. The summed E-state index contributed by atoms with van der Waals surface area (Å²) in [6, 6.07) is 3.80. The number of nitrogens with one attached hydrogen (secondary N) is 2. The summed E-state index contributed by atoms with van der Waals surface area (Å²) < 4.78 is 5.15. The van der Waals surface area contributed by atoms with Crippen LogP contribution in [-0.4, -0.2) is 21.0 Å². The molecule has 6 heteroatoms. The topological polar surface area (TPSA) is 83.8 Å². The molecule has 0 aliphatic rings. The summed E-state index contributed by atoms with van der Waals surface area (Å²) in [7, 11) is 0. The lowest BCUT2D eigenvalue weighted by atomic mass is 10.1. The maximum atomic E-state index is 12.2. The van der Waals surface area contributed by atoms with Crippen LogP contribution in [0.1, 0.15) is 31.1 Å². The van der Waals surface area contributed by atoms with Gasteiger partial charge in [-0.05, 0) is 17.7 Å². The Morgan fingerprint density at radius 3 is 3.14 bits per heavy atom. The molecule has 6 nitrogen and oxygen atoms in total. The molecule has 0 spiro atoms. The van der Waals surface area contributed by atoms with Crippen molar-refractivity contribution in [3.63, 3.8) is 0 Å². The molecule has 0 atom stereocenters. The number of H-pyrrole nitrogens is 1. The number of fused-ring (bicyclic) bond motifs is 1. The standard InChI is InChI=1S/C15H16N4O2/c1-9(2)14-12(8-18-21-14)19-13(20)6-10-7-17-15-11(10)4-3-5-16-15/h3-5,7-9H,6H2,1-2H3,(H,16,17)(H,19,20). The van der Waals surface area contributed by atoms with Crippen molar-refractivity contribution in [2.75, 3.05) is 5.32 Å². The third-order valence-corrected chi connectivity index (χ3v) is 3.28. The predicted molar refractivity (Wildman–Crippen MR) is 79.0 cm³/mol. The summed E-state index contributed by atoms with van der Waals surface area (Å²) in [5.74, 6) is 0.744. The van der Waals surface area contributed by atoms with Crippen molar-refractivity contribution in [3.05, 3.63) is 42.0 Å². The largest absolute Gasteiger partial charge is 0.359 e. The lowest BCUT2D eigenvalue weighted by Crippen LogP contribution is -2.15. The van der Waals surface area contributed by atoms with Gasteiger partial charge in [0.25, 0.3) is 0 Å². The molecule has 3 aromatic rings. The number of rotatable bonds is 4. The van der Waals surface area contributed by atoms with Gasteiger partial charge in [0.15, 0.2) is 5.76 Å². The van der Waals surface area contributed by atoms with E-state index in [2.05, 4.69) is 20.4 Å². The van der Waals surface area contributed by atoms with Crippen molar-refractivity contribution < 1.29 is 9.32 Å². The van der Waals surface area contributed by atoms with E-state index in [9.17, 15) is 4.79 Å². The number of nitrogens with zero attached hydrogens (tertiary/aromatic N) is 2. The third kappa shape index (κ3) is 2.65. The first kappa shape index (κ1) is 13.4. The van der Waals surface area contributed by atoms with Crippen LogP contribution in [0.2, 0.25) is 0 Å². The van der Waals surface area contributed by atoms with Crippen molar-refractivity contribution in [3.8, 4) is 0 Å². The molecule has 108 valence electrons. The van der Waals surface area contributed by atoms with E-state index in [1.807, 2.05) is 32.2 Å². The average Bonchev–Trinajstić information content (AvgIpc) is 3.06. The van der Waals surface area contributed by atoms with Crippen LogP contribution >= 0.6 is 0 Å². The fourth-order valence-electron chi connectivity index (χ4n) is 2.29. The van der Waals surface area contributed by atoms with Crippen molar-refractivity contribution in [1.29, 1.82) is 0 Å². The molecule has 1 amide bonds. The molecule has 0 fully saturated rings. The van der Waals surface area contributed by atoms with E-state index in [-0.39, 0.29) is 18.2 Å². The maximum Gasteiger partial charge on any atom is 0.229 e. The Labute approximate surface area is 121 Å². The summed E-state index contributed by atoms with van der Waals surface area (Å²) in [4.78, 5) is 19.5. The molecule has 0 aliphatic heterocycles. The lowest BCUT2D eigenvalue weighted by Gasteiger charge is -2.05. The molecule has 0 unspecified atom stereocenters. The van der Waals surface area contributed by atoms with Crippen molar-refractivity contribution in [2.24, 2.45) is 0 Å². The Morgan fingerprint density at radius 2 is 2.33 bits per heavy atom. The Balaban J connectivity index is 1.76. The van der Waals surface area contributed by atoms with E-state index >= 15 is 0 Å². The van der Waals surface area contributed by atoms with Crippen LogP contribution < -0.4 is 5.32 Å². The number of aromatic amines is 1. The average molecular weight is 284 g/mol. The summed E-state index contributed by atoms with van der Waals surface area (Å²) in [5.41, 5.74) is 2.33. The fraction of sp³-hybridized carbons (Fsp3) is 0.267. The maximum absolute atomic E-state index is 12.2. The number of hydrogen-bond acceptors (Lipinski definition) is 4. The van der Waals surface area contributed by atoms with E-state index in [1.165, 1.54) is 6.20 Å². The molecule has 3 heterocycles. The number of hydrogen-bond donors (Lipinski definition) is 2. The molecular formula is C15H16N4O2. The van der Waals surface area contributed by atoms with E-state index in [4.69, 9.17) is 4.52 Å². The zero-order chi connectivity index (χ0) is 14.8. The second-order valence-electron chi connectivity index (χ2n) is 5.20. The van der Waals surface area contributed by atoms with Crippen LogP contribution in [0.25, 0.3) is 11.0 Å². The van der Waals surface area contributed by atoms with Crippen LogP contribution in [-0.2, 0) is 11.2 Å². The quantitative estimate of drug-likeness (QED) is 0.771. The van der Waals surface area contributed by atoms with Crippen LogP contribution in [0.5, 0.6) is 0 Å². The molecular weight excluding hydrogens is 268 g/mol. The molecule has 0 aliphatic carbocycles. The van der Waals surface area contributed by atoms with Gasteiger partial charge >= 0.3 is 0 Å². The Hall–Kier alpha value is -2.63. The summed E-state index contributed by atoms with van der Waals surface area (Å²) in [6.07, 6.45) is 5.33. The first-order valence-corrected chi connectivity index (χ1v) is 6.80. The Bertz CT molecular complexity index is 773. The fourth-order valence-corrected chi connectivity index (χ4v) is 2.29. The van der Waals surface area contributed by atoms with Crippen LogP contribution in [0.4, 0.5) is 5.69 Å². The van der Waals surface area contributed by atoms with Crippen molar-refractivity contribution >= 4 is 22.6 Å². The highest BCUT2D eigenvalue weighted by molar-refractivity contribution is 5.95. The third-order valence-electron chi connectivity index (χ3n) is 3.28. The highest BCUT2D eigenvalue weighted by Gasteiger charge is 2.15. The first-order valence-electron chi connectivity index (χ1n) is 6.80. The van der Waals surface area contributed by atoms with Crippen LogP contribution in [0.15, 0.2) is 35.2 Å². The summed E-state index contributed by atoms with van der Waals surface area (Å²) in [6.45, 7) is 3.98. The van der Waals surface area contributed by atoms with Gasteiger partial charge in [-0.2, -0.15) is 0 Å². The lowest BCUT2D eigenvalue weighted by molar-refractivity contribution is -0.115. The second-order valence-corrected chi connectivity index (χ2v) is 5.20. The molecule has 3 rings (SSSR count). The second kappa shape index (κ2) is 5.40. The van der Waals surface area contributed by atoms with Gasteiger partial charge in [0.2, 0.25) is 5.91 Å². The van der Waals surface area contributed by atoms with Gasteiger partial charge in [-0.15, -0.1) is 0 Å². The summed E-state index contributed by atoms with van der Waals surface area (Å²) in [5, 5.41) is 7.54. The van der Waals surface area contributed by atoms with Gasteiger partial charge < -0.3 is 14.8 Å². The minimum Gasteiger partial charge on any atom is -0.359 e. The van der Waals surface area contributed by atoms with Gasteiger partial charge in [-0.1, -0.05) is 19.0 Å². The zero-order valence-corrected chi connectivity index (χ0v) is 11.9. The number of carbonyl (C=O) groups excluding carboxylic acids is 1. The molecule has 0 saturated heterocycles. The summed E-state index contributed by atoms with van der Waals surface area (Å²) >= 11 is 0. The Morgan fingerprint density at radius 1 is 1.48 bits per heavy atom. The normalized spacial score (nSPS) is 11.2. The van der Waals surface area contributed by atoms with Gasteiger partial charge in [0, 0.05) is 23.7 Å². The highest BCUT2D eigenvalue weighted by Crippen LogP contribution is 2.24. The number of amides is 1. The SMILES string of the molecule is CC(C)c1oncc1NC(=O)Cc1c[nH]c2ncccc12. The number of aromatic nitrogens is 3. The van der Waals surface area contributed by atoms with Gasteiger partial charge in [0.05, 0.1) is 12.6 Å². The van der Waals surface area contributed by atoms with E-state index in [1.54, 1.807) is 6.20 Å². The predicted octanol–water partition coefficient (Wildman–Crippen LogP) is 2.86. The van der Waals surface area contributed by atoms with E-state index in [0.29, 0.717) is 11.4 Å². The molecule has 3 aromatic heterocycles. The monoisotopic (exact) mass is 284 g/mol. The van der Waals surface area contributed by atoms with E-state index in [0.717, 1.165) is 16.6 Å². The van der Waals surface area contributed by atoms with Crippen molar-refractivity contribution in [1.82, 2.24) is 15.1 Å². The van der Waals surface area contributed by atoms with Crippen LogP contribution in [0, 0.1) is 0 Å². The van der Waals surface area contributed by atoms with Crippen LogP contribution in [0.3, 0.4) is 0 Å². The minimum absolute atomic E-state index is 0.107. The molecule has 2 N–H and O–H groups in total. The molecule has 0 bridgehead atoms. The Kier molecular flexibility index (Phi) is 3.43. The minimum atomic E-state index is -0.107. The molecule has 0 aromatic carbocycles. The number of pyridine rings is 1. The highest BCUT2D eigenvalue weighted by atomic mass is 16.5. The van der Waals surface area contributed by atoms with E-state index < -0.39 is 0 Å². The zero-order valence-electron chi connectivity index (χ0n) is 11.9. The number of anilines is 1. The van der Waals surface area contributed by atoms with Gasteiger partial charge in [-0.25, -0.2) is 4.98 Å². The van der Waals surface area contributed by atoms with Gasteiger partial charge in [-0.3, -0.25) is 4.79 Å². The van der Waals surface area contributed by atoms with Gasteiger partial charge in [0.1, 0.15) is 11.3 Å². The molecule has 21 heavy (non-hydrogen) atoms. The molecule has 0 saturated carbocycles. The van der Waals surface area contributed by atoms with Crippen molar-refractivity contribution in [2.45, 2.75) is 26.2 Å².